The number of imidazole rings is 1. The van der Waals surface area contributed by atoms with Crippen molar-refractivity contribution in [3.63, 3.8) is 0 Å². The lowest BCUT2D eigenvalue weighted by atomic mass is 10.1. The fraction of sp³-hybridized carbons (Fsp3) is 0.700. The summed E-state index contributed by atoms with van der Waals surface area (Å²) in [5.41, 5.74) is 0.183. The van der Waals surface area contributed by atoms with Gasteiger partial charge in [-0.2, -0.15) is 0 Å². The van der Waals surface area contributed by atoms with Crippen molar-refractivity contribution in [1.82, 2.24) is 19.5 Å². The molecule has 4 rings (SSSR count). The van der Waals surface area contributed by atoms with E-state index in [0.29, 0.717) is 12.3 Å². The van der Waals surface area contributed by atoms with Crippen LogP contribution in [0.4, 0.5) is 0 Å². The van der Waals surface area contributed by atoms with Crippen LogP contribution in [-0.2, 0) is 23.1 Å². The van der Waals surface area contributed by atoms with Gasteiger partial charge in [0, 0.05) is 17.0 Å². The highest BCUT2D eigenvalue weighted by Gasteiger charge is 2.65. The number of carbonyl (C=O) groups excluding carboxylic acids is 1. The van der Waals surface area contributed by atoms with Crippen molar-refractivity contribution in [2.75, 3.05) is 6.61 Å². The number of rotatable bonds is 2. The van der Waals surface area contributed by atoms with Gasteiger partial charge in [0.15, 0.2) is 23.5 Å². The zero-order chi connectivity index (χ0) is 22.8. The van der Waals surface area contributed by atoms with Crippen LogP contribution >= 0.6 is 0 Å². The minimum Gasteiger partial charge on any atom is -0.455 e. The summed E-state index contributed by atoms with van der Waals surface area (Å²) in [6, 6.07) is 0. The largest absolute Gasteiger partial charge is 0.455 e. The molecule has 1 N–H and O–H groups in total. The Morgan fingerprint density at radius 2 is 1.90 bits per heavy atom. The number of aromatic nitrogens is 4. The molecule has 170 valence electrons. The van der Waals surface area contributed by atoms with E-state index in [-0.39, 0.29) is 21.2 Å². The topological polar surface area (TPSA) is 118 Å². The summed E-state index contributed by atoms with van der Waals surface area (Å²) in [7, 11) is -2.81. The summed E-state index contributed by atoms with van der Waals surface area (Å²) in [6.07, 6.45) is 0.367. The smallest absolute Gasteiger partial charge is 0.349 e. The van der Waals surface area contributed by atoms with Crippen molar-refractivity contribution in [2.45, 2.75) is 83.1 Å². The number of aromatic amines is 1. The van der Waals surface area contributed by atoms with Gasteiger partial charge in [0.1, 0.15) is 12.2 Å². The van der Waals surface area contributed by atoms with Crippen molar-refractivity contribution in [1.29, 1.82) is 0 Å². The Morgan fingerprint density at radius 3 is 2.52 bits per heavy atom. The van der Waals surface area contributed by atoms with Crippen LogP contribution in [0, 0.1) is 0 Å². The van der Waals surface area contributed by atoms with Crippen LogP contribution in [0.1, 0.15) is 54.7 Å². The lowest BCUT2D eigenvalue weighted by Gasteiger charge is -2.53. The summed E-state index contributed by atoms with van der Waals surface area (Å²) in [4.78, 5) is 35.0. The highest BCUT2D eigenvalue weighted by molar-refractivity contribution is 6.73. The fourth-order valence-corrected chi connectivity index (χ4v) is 9.87. The first-order valence-electron chi connectivity index (χ1n) is 10.4. The van der Waals surface area contributed by atoms with Crippen LogP contribution in [0.3, 0.4) is 0 Å². The number of H-pyrrole nitrogens is 1. The van der Waals surface area contributed by atoms with Crippen molar-refractivity contribution < 1.29 is 23.1 Å². The van der Waals surface area contributed by atoms with Gasteiger partial charge in [0.25, 0.3) is 5.56 Å². The molecule has 10 nitrogen and oxygen atoms in total. The van der Waals surface area contributed by atoms with Crippen LogP contribution in [0.15, 0.2) is 17.4 Å². The molecule has 0 radical (unpaired) electrons. The maximum Gasteiger partial charge on any atom is 0.349 e. The van der Waals surface area contributed by atoms with Gasteiger partial charge in [-0.15, -0.1) is 0 Å². The van der Waals surface area contributed by atoms with Crippen LogP contribution in [-0.4, -0.2) is 59.0 Å². The molecule has 0 aliphatic carbocycles. The number of nitrogens with zero attached hydrogens (tertiary/aromatic N) is 3. The van der Waals surface area contributed by atoms with Crippen molar-refractivity contribution in [2.24, 2.45) is 0 Å². The van der Waals surface area contributed by atoms with Gasteiger partial charge in [-0.1, -0.05) is 41.5 Å². The molecule has 0 spiro atoms. The predicted octanol–water partition coefficient (Wildman–Crippen LogP) is 2.41. The first kappa shape index (κ1) is 22.1. The Kier molecular flexibility index (Phi) is 5.15. The molecule has 0 aromatic carbocycles. The molecular weight excluding hydrogens is 420 g/mol. The Balaban J connectivity index is 1.77. The molecule has 2 saturated heterocycles. The standard InChI is InChI=1S/C20H30N4O6Si/c1-11(25)28-15-14-12(8-27-31(30-14,19(2,3)4)20(5,6)7)29-18(15)24-10-23-13-16(24)21-9-22-17(13)26/h9-10,12,14-15,18H,8H2,1-7H3,(H,21,22,26)/t12-,14-,15-,18-/m1/s1. The summed E-state index contributed by atoms with van der Waals surface area (Å²) in [5, 5.41) is -0.461. The second kappa shape index (κ2) is 7.22. The van der Waals surface area contributed by atoms with E-state index in [0.717, 1.165) is 0 Å². The maximum absolute atomic E-state index is 12.1. The van der Waals surface area contributed by atoms with E-state index in [1.165, 1.54) is 19.6 Å². The molecular formula is C20H30N4O6Si. The van der Waals surface area contributed by atoms with Gasteiger partial charge < -0.3 is 23.3 Å². The molecule has 0 amide bonds. The normalized spacial score (nSPS) is 28.5. The average molecular weight is 451 g/mol. The van der Waals surface area contributed by atoms with Gasteiger partial charge in [-0.3, -0.25) is 14.2 Å². The lowest BCUT2D eigenvalue weighted by molar-refractivity contribution is -0.155. The molecule has 4 heterocycles. The molecule has 0 bridgehead atoms. The number of hydrogen-bond donors (Lipinski definition) is 1. The third kappa shape index (κ3) is 3.43. The number of carbonyl (C=O) groups is 1. The number of hydrogen-bond acceptors (Lipinski definition) is 8. The van der Waals surface area contributed by atoms with Crippen LogP contribution in [0.25, 0.3) is 11.2 Å². The van der Waals surface area contributed by atoms with Crippen molar-refractivity contribution in [3.05, 3.63) is 23.0 Å². The molecule has 2 aliphatic heterocycles. The third-order valence-corrected chi connectivity index (χ3v) is 11.1. The van der Waals surface area contributed by atoms with Gasteiger partial charge in [-0.25, -0.2) is 9.97 Å². The van der Waals surface area contributed by atoms with E-state index in [1.54, 1.807) is 4.57 Å². The average Bonchev–Trinajstić information content (AvgIpc) is 3.21. The maximum atomic E-state index is 12.1. The second-order valence-electron chi connectivity index (χ2n) is 10.2. The highest BCUT2D eigenvalue weighted by atomic mass is 28.4. The highest BCUT2D eigenvalue weighted by Crippen LogP contribution is 2.56. The van der Waals surface area contributed by atoms with E-state index >= 15 is 0 Å². The molecule has 2 aromatic rings. The van der Waals surface area contributed by atoms with E-state index in [1.807, 2.05) is 0 Å². The van der Waals surface area contributed by atoms with Crippen molar-refractivity contribution >= 4 is 25.7 Å². The molecule has 4 atom stereocenters. The van der Waals surface area contributed by atoms with E-state index < -0.39 is 39.1 Å². The Morgan fingerprint density at radius 1 is 1.23 bits per heavy atom. The number of esters is 1. The molecule has 2 aliphatic rings. The Hall–Kier alpha value is -2.08. The number of fused-ring (bicyclic) bond motifs is 2. The number of nitrogens with one attached hydrogen (secondary N) is 1. The molecule has 31 heavy (non-hydrogen) atoms. The monoisotopic (exact) mass is 450 g/mol. The summed E-state index contributed by atoms with van der Waals surface area (Å²) < 4.78 is 26.9. The van der Waals surface area contributed by atoms with Gasteiger partial charge in [0.2, 0.25) is 0 Å². The summed E-state index contributed by atoms with van der Waals surface area (Å²) in [6.45, 7) is 14.4. The zero-order valence-electron chi connectivity index (χ0n) is 19.0. The third-order valence-electron chi connectivity index (χ3n) is 5.95. The Bertz CT molecular complexity index is 1040. The van der Waals surface area contributed by atoms with Crippen LogP contribution in [0.2, 0.25) is 10.1 Å². The lowest BCUT2D eigenvalue weighted by Crippen LogP contribution is -2.65. The van der Waals surface area contributed by atoms with E-state index in [2.05, 4.69) is 56.5 Å². The molecule has 2 aromatic heterocycles. The zero-order valence-corrected chi connectivity index (χ0v) is 20.0. The fourth-order valence-electron chi connectivity index (χ4n) is 4.91. The molecule has 2 fully saturated rings. The minimum absolute atomic E-state index is 0.188. The van der Waals surface area contributed by atoms with Gasteiger partial charge in [0.05, 0.1) is 19.3 Å². The van der Waals surface area contributed by atoms with Crippen LogP contribution in [0.5, 0.6) is 0 Å². The van der Waals surface area contributed by atoms with Gasteiger partial charge in [-0.05, 0) is 0 Å². The molecule has 0 saturated carbocycles. The Labute approximate surface area is 181 Å². The van der Waals surface area contributed by atoms with Gasteiger partial charge >= 0.3 is 14.5 Å². The van der Waals surface area contributed by atoms with Crippen LogP contribution < -0.4 is 5.56 Å². The van der Waals surface area contributed by atoms with E-state index in [9.17, 15) is 9.59 Å². The quantitative estimate of drug-likeness (QED) is 0.547. The minimum atomic E-state index is -2.81. The summed E-state index contributed by atoms with van der Waals surface area (Å²) in [5.74, 6) is -0.441. The first-order chi connectivity index (χ1) is 14.4. The molecule has 11 heteroatoms. The van der Waals surface area contributed by atoms with Crippen molar-refractivity contribution in [3.8, 4) is 0 Å². The SMILES string of the molecule is CC(=O)O[C@@H]1[C@@H]2O[Si](C(C)(C)C)(C(C)(C)C)OC[C@H]2O[C@H]1n1cnc2c(=O)[nH]cnc21. The number of ether oxygens (including phenoxy) is 2. The van der Waals surface area contributed by atoms with E-state index in [4.69, 9.17) is 18.3 Å². The first-order valence-corrected chi connectivity index (χ1v) is 12.2. The molecule has 0 unspecified atom stereocenters. The summed E-state index contributed by atoms with van der Waals surface area (Å²) >= 11 is 0. The second-order valence-corrected chi connectivity index (χ2v) is 15.0. The predicted molar refractivity (Wildman–Crippen MR) is 114 cm³/mol.